The molecule has 0 saturated heterocycles. The summed E-state index contributed by atoms with van der Waals surface area (Å²) in [6.07, 6.45) is 3.25. The van der Waals surface area contributed by atoms with Crippen LogP contribution in [0.4, 0.5) is 11.6 Å². The van der Waals surface area contributed by atoms with Gasteiger partial charge in [-0.3, -0.25) is 9.78 Å². The summed E-state index contributed by atoms with van der Waals surface area (Å²) in [6.45, 7) is 1.85. The average molecular weight is 549 g/mol. The number of thioether (sulfide) groups is 1. The number of halogens is 1. The summed E-state index contributed by atoms with van der Waals surface area (Å²) in [4.78, 5) is 22.4. The van der Waals surface area contributed by atoms with Gasteiger partial charge in [-0.05, 0) is 48.4 Å². The predicted molar refractivity (Wildman–Crippen MR) is 148 cm³/mol. The molecule has 0 saturated carbocycles. The average Bonchev–Trinajstić information content (AvgIpc) is 3.34. The number of pyridine rings is 1. The van der Waals surface area contributed by atoms with Gasteiger partial charge in [-0.25, -0.2) is 4.68 Å². The van der Waals surface area contributed by atoms with Crippen LogP contribution in [0.2, 0.25) is 5.02 Å². The summed E-state index contributed by atoms with van der Waals surface area (Å²) >= 11 is 7.80. The highest BCUT2D eigenvalue weighted by Crippen LogP contribution is 2.40. The first-order valence-electron chi connectivity index (χ1n) is 11.7. The van der Waals surface area contributed by atoms with Crippen molar-refractivity contribution >= 4 is 40.9 Å². The van der Waals surface area contributed by atoms with E-state index in [1.54, 1.807) is 43.4 Å². The lowest BCUT2D eigenvalue weighted by molar-refractivity contribution is -0.113. The number of rotatable bonds is 8. The van der Waals surface area contributed by atoms with Crippen molar-refractivity contribution in [2.45, 2.75) is 23.9 Å². The number of aromatic nitrogens is 4. The molecule has 2 aromatic heterocycles. The van der Waals surface area contributed by atoms with Gasteiger partial charge < -0.3 is 20.1 Å². The molecule has 1 unspecified atom stereocenters. The summed E-state index contributed by atoms with van der Waals surface area (Å²) in [5, 5.41) is 12.2. The lowest BCUT2D eigenvalue weighted by atomic mass is 9.94. The largest absolute Gasteiger partial charge is 0.493 e. The van der Waals surface area contributed by atoms with E-state index >= 15 is 0 Å². The number of nitrogens with zero attached hydrogens (tertiary/aromatic N) is 4. The zero-order chi connectivity index (χ0) is 26.6. The van der Waals surface area contributed by atoms with Gasteiger partial charge in [0.25, 0.3) is 5.91 Å². The van der Waals surface area contributed by atoms with Crippen molar-refractivity contribution in [1.29, 1.82) is 0 Å². The zero-order valence-electron chi connectivity index (χ0n) is 20.9. The minimum Gasteiger partial charge on any atom is -0.493 e. The quantitative estimate of drug-likeness (QED) is 0.276. The van der Waals surface area contributed by atoms with Crippen molar-refractivity contribution in [1.82, 2.24) is 19.7 Å². The molecule has 4 aromatic rings. The number of carbonyl (C=O) groups is 1. The van der Waals surface area contributed by atoms with Gasteiger partial charge in [0.15, 0.2) is 11.5 Å². The fraction of sp³-hybridized carbons (Fsp3) is 0.185. The highest BCUT2D eigenvalue weighted by Gasteiger charge is 2.35. The molecule has 1 amide bonds. The lowest BCUT2D eigenvalue weighted by Gasteiger charge is -2.29. The van der Waals surface area contributed by atoms with Crippen LogP contribution >= 0.6 is 23.4 Å². The lowest BCUT2D eigenvalue weighted by Crippen LogP contribution is -2.31. The molecule has 2 N–H and O–H groups in total. The van der Waals surface area contributed by atoms with Crippen molar-refractivity contribution in [3.8, 4) is 11.5 Å². The van der Waals surface area contributed by atoms with Gasteiger partial charge in [0.2, 0.25) is 11.1 Å². The molecule has 11 heteroatoms. The maximum absolute atomic E-state index is 13.6. The SMILES string of the molecule is COc1ccc(C2C(C(=O)Nc3cccnc3)=C(C)Nc3nc(SCc4ccccc4Cl)nn32)cc1OC. The molecule has 2 aromatic carbocycles. The third-order valence-corrected chi connectivity index (χ3v) is 7.29. The van der Waals surface area contributed by atoms with Crippen LogP contribution in [0.15, 0.2) is 83.4 Å². The molecular weight excluding hydrogens is 524 g/mol. The third-order valence-electron chi connectivity index (χ3n) is 6.04. The Bertz CT molecular complexity index is 1510. The first kappa shape index (κ1) is 25.6. The second-order valence-corrected chi connectivity index (χ2v) is 9.77. The Balaban J connectivity index is 1.54. The number of carbonyl (C=O) groups excluding carboxylic acids is 1. The molecule has 0 spiro atoms. The van der Waals surface area contributed by atoms with Crippen LogP contribution in [0.1, 0.15) is 24.1 Å². The van der Waals surface area contributed by atoms with E-state index in [9.17, 15) is 4.79 Å². The zero-order valence-corrected chi connectivity index (χ0v) is 22.5. The summed E-state index contributed by atoms with van der Waals surface area (Å²) in [6, 6.07) is 16.2. The molecule has 0 fully saturated rings. The molecule has 3 heterocycles. The monoisotopic (exact) mass is 548 g/mol. The molecule has 0 radical (unpaired) electrons. The van der Waals surface area contributed by atoms with E-state index in [1.807, 2.05) is 49.4 Å². The van der Waals surface area contributed by atoms with Crippen molar-refractivity contribution in [3.63, 3.8) is 0 Å². The van der Waals surface area contributed by atoms with Crippen LogP contribution in [0.3, 0.4) is 0 Å². The molecular formula is C27H25ClN6O3S. The summed E-state index contributed by atoms with van der Waals surface area (Å²) in [7, 11) is 3.16. The van der Waals surface area contributed by atoms with Crippen LogP contribution in [0, 0.1) is 0 Å². The minimum atomic E-state index is -0.579. The van der Waals surface area contributed by atoms with Crippen LogP contribution in [-0.2, 0) is 10.5 Å². The summed E-state index contributed by atoms with van der Waals surface area (Å²) in [5.74, 6) is 1.98. The highest BCUT2D eigenvalue weighted by molar-refractivity contribution is 7.98. The number of methoxy groups -OCH3 is 2. The Morgan fingerprint density at radius 1 is 1.13 bits per heavy atom. The molecule has 194 valence electrons. The van der Waals surface area contributed by atoms with Crippen molar-refractivity contribution < 1.29 is 14.3 Å². The molecule has 0 bridgehead atoms. The number of fused-ring (bicyclic) bond motifs is 1. The number of nitrogens with one attached hydrogen (secondary N) is 2. The number of ether oxygens (including phenoxy) is 2. The Morgan fingerprint density at radius 2 is 1.95 bits per heavy atom. The van der Waals surface area contributed by atoms with E-state index in [-0.39, 0.29) is 5.91 Å². The highest BCUT2D eigenvalue weighted by atomic mass is 35.5. The molecule has 1 aliphatic rings. The van der Waals surface area contributed by atoms with Gasteiger partial charge in [-0.15, -0.1) is 5.10 Å². The van der Waals surface area contributed by atoms with Crippen LogP contribution < -0.4 is 20.1 Å². The number of anilines is 2. The molecule has 5 rings (SSSR count). The minimum absolute atomic E-state index is 0.283. The normalized spacial score (nSPS) is 14.5. The van der Waals surface area contributed by atoms with E-state index in [0.29, 0.717) is 50.3 Å². The van der Waals surface area contributed by atoms with E-state index in [0.717, 1.165) is 11.1 Å². The fourth-order valence-electron chi connectivity index (χ4n) is 4.21. The van der Waals surface area contributed by atoms with Gasteiger partial charge in [0.05, 0.1) is 31.7 Å². The maximum atomic E-state index is 13.6. The number of benzene rings is 2. The van der Waals surface area contributed by atoms with Gasteiger partial charge in [0, 0.05) is 22.7 Å². The fourth-order valence-corrected chi connectivity index (χ4v) is 5.33. The van der Waals surface area contributed by atoms with E-state index < -0.39 is 6.04 Å². The van der Waals surface area contributed by atoms with Gasteiger partial charge >= 0.3 is 0 Å². The molecule has 1 atom stereocenters. The third kappa shape index (κ3) is 5.18. The van der Waals surface area contributed by atoms with Crippen molar-refractivity contribution in [2.75, 3.05) is 24.9 Å². The number of allylic oxidation sites excluding steroid dienone is 1. The Labute approximate surface area is 229 Å². The van der Waals surface area contributed by atoms with Gasteiger partial charge in [0.1, 0.15) is 6.04 Å². The van der Waals surface area contributed by atoms with E-state index in [1.165, 1.54) is 11.8 Å². The predicted octanol–water partition coefficient (Wildman–Crippen LogP) is 5.56. The van der Waals surface area contributed by atoms with Crippen LogP contribution in [0.5, 0.6) is 11.5 Å². The first-order chi connectivity index (χ1) is 18.5. The van der Waals surface area contributed by atoms with Gasteiger partial charge in [-0.1, -0.05) is 47.6 Å². The summed E-state index contributed by atoms with van der Waals surface area (Å²) < 4.78 is 12.7. The van der Waals surface area contributed by atoms with E-state index in [4.69, 9.17) is 31.2 Å². The summed E-state index contributed by atoms with van der Waals surface area (Å²) in [5.41, 5.74) is 3.51. The second-order valence-electron chi connectivity index (χ2n) is 8.42. The molecule has 38 heavy (non-hydrogen) atoms. The smallest absolute Gasteiger partial charge is 0.255 e. The number of hydrogen-bond acceptors (Lipinski definition) is 8. The first-order valence-corrected chi connectivity index (χ1v) is 13.1. The Morgan fingerprint density at radius 3 is 2.68 bits per heavy atom. The molecule has 1 aliphatic heterocycles. The standard InChI is InChI=1S/C27H25ClN6O3S/c1-16-23(25(35)31-19-8-6-12-29-14-19)24(17-10-11-21(36-2)22(13-17)37-3)34-26(30-16)32-27(33-34)38-15-18-7-4-5-9-20(18)28/h4-14,24H,15H2,1-3H3,(H,31,35)(H,30,32,33). The van der Waals surface area contributed by atoms with Crippen LogP contribution in [-0.4, -0.2) is 39.9 Å². The topological polar surface area (TPSA) is 103 Å². The van der Waals surface area contributed by atoms with Crippen molar-refractivity contribution in [3.05, 3.63) is 94.4 Å². The molecule has 0 aliphatic carbocycles. The second kappa shape index (κ2) is 11.2. The molecule has 9 nitrogen and oxygen atoms in total. The van der Waals surface area contributed by atoms with E-state index in [2.05, 4.69) is 15.6 Å². The number of hydrogen-bond donors (Lipinski definition) is 2. The van der Waals surface area contributed by atoms with Crippen molar-refractivity contribution in [2.24, 2.45) is 0 Å². The van der Waals surface area contributed by atoms with Crippen LogP contribution in [0.25, 0.3) is 0 Å². The Kier molecular flexibility index (Phi) is 7.52. The number of amides is 1. The Hall–Kier alpha value is -4.02. The van der Waals surface area contributed by atoms with Gasteiger partial charge in [-0.2, -0.15) is 4.98 Å². The maximum Gasteiger partial charge on any atom is 0.255 e.